The van der Waals surface area contributed by atoms with Crippen LogP contribution in [0.25, 0.3) is 0 Å². The highest BCUT2D eigenvalue weighted by Gasteiger charge is 2.04. The number of unbranched alkanes of at least 4 members (excludes halogenated alkanes) is 7. The fourth-order valence-electron chi connectivity index (χ4n) is 3.19. The van der Waals surface area contributed by atoms with Crippen LogP contribution in [-0.2, 0) is 4.79 Å². The number of benzene rings is 2. The lowest BCUT2D eigenvalue weighted by atomic mass is 10.1. The van der Waals surface area contributed by atoms with Gasteiger partial charge in [0.1, 0.15) is 11.5 Å². The molecule has 0 radical (unpaired) electrons. The zero-order valence-corrected chi connectivity index (χ0v) is 20.6. The monoisotopic (exact) mass is 497 g/mol. The minimum absolute atomic E-state index is 0. The van der Waals surface area contributed by atoms with E-state index in [4.69, 9.17) is 21.9 Å². The molecule has 0 aromatic heterocycles. The van der Waals surface area contributed by atoms with Gasteiger partial charge in [-0.05, 0) is 67.9 Å². The quantitative estimate of drug-likeness (QED) is 0.152. The summed E-state index contributed by atoms with van der Waals surface area (Å²) in [5.41, 5.74) is 17.6. The maximum Gasteiger partial charge on any atom is 0.224 e. The molecule has 0 aliphatic carbocycles. The summed E-state index contributed by atoms with van der Waals surface area (Å²) in [7, 11) is 0. The highest BCUT2D eigenvalue weighted by molar-refractivity contribution is 5.90. The molecule has 33 heavy (non-hydrogen) atoms. The normalized spacial score (nSPS) is 9.85. The van der Waals surface area contributed by atoms with Gasteiger partial charge in [-0.1, -0.05) is 38.5 Å². The molecule has 0 atom stereocenters. The number of amides is 1. The number of aliphatic imine (C=N–C) groups is 1. The highest BCUT2D eigenvalue weighted by atomic mass is 35.5. The number of halogens is 2. The molecule has 7 N–H and O–H groups in total. The summed E-state index contributed by atoms with van der Waals surface area (Å²) >= 11 is 0. The maximum atomic E-state index is 12.1. The van der Waals surface area contributed by atoms with E-state index in [2.05, 4.69) is 10.3 Å². The van der Waals surface area contributed by atoms with Crippen molar-refractivity contribution in [1.82, 2.24) is 0 Å². The van der Waals surface area contributed by atoms with Crippen molar-refractivity contribution in [2.24, 2.45) is 22.2 Å². The van der Waals surface area contributed by atoms with Gasteiger partial charge in [0.05, 0.1) is 5.69 Å². The summed E-state index contributed by atoms with van der Waals surface area (Å²) < 4.78 is 5.80. The van der Waals surface area contributed by atoms with Crippen molar-refractivity contribution in [3.8, 4) is 11.5 Å². The molecular formula is C24H37Cl2N5O2. The van der Waals surface area contributed by atoms with Crippen LogP contribution in [0, 0.1) is 0 Å². The topological polar surface area (TPSA) is 129 Å². The van der Waals surface area contributed by atoms with Crippen LogP contribution < -0.4 is 27.3 Å². The molecule has 2 aromatic carbocycles. The van der Waals surface area contributed by atoms with E-state index in [1.165, 1.54) is 32.1 Å². The lowest BCUT2D eigenvalue weighted by molar-refractivity contribution is -0.116. The first kappa shape index (κ1) is 30.5. The molecule has 0 saturated carbocycles. The van der Waals surface area contributed by atoms with Crippen molar-refractivity contribution in [3.63, 3.8) is 0 Å². The molecule has 2 aromatic rings. The summed E-state index contributed by atoms with van der Waals surface area (Å²) in [6.45, 7) is 0.792. The van der Waals surface area contributed by atoms with Gasteiger partial charge in [-0.2, -0.15) is 0 Å². The number of hydrogen-bond acceptors (Lipinski definition) is 4. The number of nitrogens with zero attached hydrogens (tertiary/aromatic N) is 1. The van der Waals surface area contributed by atoms with Gasteiger partial charge in [-0.3, -0.25) is 4.79 Å². The molecule has 9 heteroatoms. The summed E-state index contributed by atoms with van der Waals surface area (Å²) in [5, 5.41) is 2.94. The van der Waals surface area contributed by atoms with E-state index in [1.807, 2.05) is 24.3 Å². The first-order chi connectivity index (χ1) is 15.1. The number of nitrogens with one attached hydrogen (secondary N) is 1. The van der Waals surface area contributed by atoms with Crippen LogP contribution in [0.5, 0.6) is 11.5 Å². The fraction of sp³-hybridized carbons (Fsp3) is 0.417. The van der Waals surface area contributed by atoms with Gasteiger partial charge in [0.2, 0.25) is 5.91 Å². The average molecular weight is 498 g/mol. The molecule has 0 spiro atoms. The third-order valence-corrected chi connectivity index (χ3v) is 4.83. The Labute approximate surface area is 209 Å². The van der Waals surface area contributed by atoms with E-state index < -0.39 is 0 Å². The molecule has 1 amide bonds. The lowest BCUT2D eigenvalue weighted by Crippen LogP contribution is -2.21. The lowest BCUT2D eigenvalue weighted by Gasteiger charge is -2.08. The predicted molar refractivity (Wildman–Crippen MR) is 142 cm³/mol. The zero-order chi connectivity index (χ0) is 22.3. The Balaban J connectivity index is 0.00000512. The first-order valence-corrected chi connectivity index (χ1v) is 11.0. The number of hydrogen-bond donors (Lipinski definition) is 4. The molecule has 2 rings (SSSR count). The van der Waals surface area contributed by atoms with Gasteiger partial charge >= 0.3 is 0 Å². The van der Waals surface area contributed by atoms with E-state index >= 15 is 0 Å². The Bertz CT molecular complexity index is 811. The number of anilines is 1. The second-order valence-electron chi connectivity index (χ2n) is 7.57. The van der Waals surface area contributed by atoms with Crippen molar-refractivity contribution < 1.29 is 9.53 Å². The molecule has 0 aliphatic rings. The minimum atomic E-state index is 0. The number of carbonyl (C=O) groups is 1. The smallest absolute Gasteiger partial charge is 0.224 e. The predicted octanol–water partition coefficient (Wildman–Crippen LogP) is 5.64. The fourth-order valence-corrected chi connectivity index (χ4v) is 3.19. The number of nitrogens with two attached hydrogens (primary N) is 3. The van der Waals surface area contributed by atoms with E-state index in [9.17, 15) is 4.79 Å². The van der Waals surface area contributed by atoms with Crippen molar-refractivity contribution in [2.45, 2.75) is 57.8 Å². The third-order valence-electron chi connectivity index (χ3n) is 4.83. The van der Waals surface area contributed by atoms with E-state index in [-0.39, 0.29) is 36.7 Å². The third kappa shape index (κ3) is 13.6. The number of ether oxygens (including phenoxy) is 1. The second-order valence-corrected chi connectivity index (χ2v) is 7.57. The van der Waals surface area contributed by atoms with Crippen LogP contribution in [0.4, 0.5) is 11.4 Å². The van der Waals surface area contributed by atoms with E-state index in [1.54, 1.807) is 24.3 Å². The molecule has 0 unspecified atom stereocenters. The highest BCUT2D eigenvalue weighted by Crippen LogP contribution is 2.25. The van der Waals surface area contributed by atoms with Gasteiger partial charge < -0.3 is 27.3 Å². The Morgan fingerprint density at radius 3 is 1.76 bits per heavy atom. The van der Waals surface area contributed by atoms with Crippen LogP contribution in [-0.4, -0.2) is 18.4 Å². The van der Waals surface area contributed by atoms with Gasteiger partial charge in [-0.25, -0.2) is 4.99 Å². The van der Waals surface area contributed by atoms with Gasteiger partial charge in [-0.15, -0.1) is 24.8 Å². The summed E-state index contributed by atoms with van der Waals surface area (Å²) in [4.78, 5) is 16.1. The standard InChI is InChI=1S/C24H35N5O2.2ClH/c25-18-8-6-4-2-1-3-5-7-9-23(30)28-19-10-14-21(15-11-19)31-22-16-12-20(13-17-22)29-24(26)27;;/h10-17H,1-9,18,25H2,(H,28,30)(H4,26,27,29);2*1H. The Morgan fingerprint density at radius 1 is 0.758 bits per heavy atom. The van der Waals surface area contributed by atoms with E-state index in [0.717, 1.165) is 31.5 Å². The summed E-state index contributed by atoms with van der Waals surface area (Å²) in [6, 6.07) is 14.4. The van der Waals surface area contributed by atoms with Crippen LogP contribution in [0.2, 0.25) is 0 Å². The second kappa shape index (κ2) is 18.0. The number of rotatable bonds is 14. The molecule has 184 valence electrons. The Morgan fingerprint density at radius 2 is 1.24 bits per heavy atom. The molecule has 0 fully saturated rings. The summed E-state index contributed by atoms with van der Waals surface area (Å²) in [6.07, 6.45) is 9.88. The molecule has 0 heterocycles. The summed E-state index contributed by atoms with van der Waals surface area (Å²) in [5.74, 6) is 1.41. The van der Waals surface area contributed by atoms with Crippen molar-refractivity contribution in [1.29, 1.82) is 0 Å². The molecule has 0 saturated heterocycles. The SMILES string of the molecule is Cl.Cl.NCCCCCCCCCCC(=O)Nc1ccc(Oc2ccc(N=C(N)N)cc2)cc1. The van der Waals surface area contributed by atoms with Crippen molar-refractivity contribution >= 4 is 48.1 Å². The van der Waals surface area contributed by atoms with Crippen molar-refractivity contribution in [2.75, 3.05) is 11.9 Å². The van der Waals surface area contributed by atoms with Gasteiger partial charge in [0.15, 0.2) is 5.96 Å². The maximum absolute atomic E-state index is 12.1. The number of guanidine groups is 1. The van der Waals surface area contributed by atoms with Gasteiger partial charge in [0.25, 0.3) is 0 Å². The van der Waals surface area contributed by atoms with Crippen LogP contribution in [0.15, 0.2) is 53.5 Å². The first-order valence-electron chi connectivity index (χ1n) is 11.0. The molecule has 7 nitrogen and oxygen atoms in total. The number of carbonyl (C=O) groups excluding carboxylic acids is 1. The van der Waals surface area contributed by atoms with Crippen LogP contribution >= 0.6 is 24.8 Å². The van der Waals surface area contributed by atoms with Crippen molar-refractivity contribution in [3.05, 3.63) is 48.5 Å². The largest absolute Gasteiger partial charge is 0.457 e. The average Bonchev–Trinajstić information content (AvgIpc) is 2.75. The molecule has 0 aliphatic heterocycles. The van der Waals surface area contributed by atoms with Crippen LogP contribution in [0.3, 0.4) is 0 Å². The molecule has 0 bridgehead atoms. The Kier molecular flexibility index (Phi) is 16.7. The Hall–Kier alpha value is -2.48. The zero-order valence-electron chi connectivity index (χ0n) is 19.0. The minimum Gasteiger partial charge on any atom is -0.457 e. The van der Waals surface area contributed by atoms with Crippen LogP contribution in [0.1, 0.15) is 57.8 Å². The van der Waals surface area contributed by atoms with Gasteiger partial charge in [0, 0.05) is 12.1 Å². The molecular weight excluding hydrogens is 461 g/mol. The van der Waals surface area contributed by atoms with E-state index in [0.29, 0.717) is 23.6 Å².